The molecule has 2 amide bonds. The van der Waals surface area contributed by atoms with Gasteiger partial charge in [-0.05, 0) is 71.2 Å². The smallest absolute Gasteiger partial charge is 0.262 e. The molecule has 3 aromatic rings. The number of amides is 2. The Hall–Kier alpha value is -3.27. The van der Waals surface area contributed by atoms with Crippen molar-refractivity contribution in [3.05, 3.63) is 86.3 Å². The van der Waals surface area contributed by atoms with Crippen LogP contribution >= 0.6 is 39.1 Å². The van der Waals surface area contributed by atoms with Crippen molar-refractivity contribution in [3.63, 3.8) is 0 Å². The van der Waals surface area contributed by atoms with E-state index in [4.69, 9.17) is 37.4 Å². The van der Waals surface area contributed by atoms with E-state index in [2.05, 4.69) is 31.8 Å². The van der Waals surface area contributed by atoms with E-state index in [0.29, 0.717) is 38.9 Å². The fourth-order valence-corrected chi connectivity index (χ4v) is 4.61. The monoisotopic (exact) mass is 635 g/mol. The molecule has 0 bridgehead atoms. The Kier molecular flexibility index (Phi) is 11.5. The molecule has 11 heteroatoms. The quantitative estimate of drug-likeness (QED) is 0.193. The van der Waals surface area contributed by atoms with Crippen molar-refractivity contribution in [2.24, 2.45) is 5.10 Å². The highest BCUT2D eigenvalue weighted by Crippen LogP contribution is 2.36. The molecule has 0 saturated heterocycles. The number of hydrazone groups is 1. The van der Waals surface area contributed by atoms with Gasteiger partial charge in [0.25, 0.3) is 11.8 Å². The van der Waals surface area contributed by atoms with E-state index < -0.39 is 24.0 Å². The number of hydrogen-bond acceptors (Lipinski definition) is 6. The first-order chi connectivity index (χ1) is 18.7. The fraction of sp³-hybridized carbons (Fsp3) is 0.250. The molecule has 0 aliphatic rings. The maximum absolute atomic E-state index is 13.1. The van der Waals surface area contributed by atoms with Gasteiger partial charge in [-0.1, -0.05) is 53.5 Å². The van der Waals surface area contributed by atoms with Gasteiger partial charge in [0.05, 0.1) is 29.4 Å². The van der Waals surface area contributed by atoms with Gasteiger partial charge in [-0.25, -0.2) is 5.43 Å². The van der Waals surface area contributed by atoms with Gasteiger partial charge in [-0.2, -0.15) is 5.10 Å². The van der Waals surface area contributed by atoms with Crippen LogP contribution in [0, 0.1) is 0 Å². The van der Waals surface area contributed by atoms with Gasteiger partial charge in [0.15, 0.2) is 17.6 Å². The summed E-state index contributed by atoms with van der Waals surface area (Å²) in [4.78, 5) is 26.1. The Morgan fingerprint density at radius 1 is 1.05 bits per heavy atom. The van der Waals surface area contributed by atoms with E-state index in [1.807, 2.05) is 37.3 Å². The van der Waals surface area contributed by atoms with Crippen molar-refractivity contribution in [1.82, 2.24) is 10.7 Å². The SMILES string of the molecule is CCOc1cc(/C=N\NC(=O)[C@H](Cc2ccccc2)NC(=O)[C@H](C)Oc2ccc(Cl)cc2Cl)cc(Br)c1OC. The number of methoxy groups -OCH3 is 1. The van der Waals surface area contributed by atoms with Crippen LogP contribution in [0.4, 0.5) is 0 Å². The van der Waals surface area contributed by atoms with E-state index in [9.17, 15) is 9.59 Å². The van der Waals surface area contributed by atoms with E-state index in [1.165, 1.54) is 12.3 Å². The molecule has 0 aliphatic carbocycles. The molecule has 0 unspecified atom stereocenters. The average Bonchev–Trinajstić information content (AvgIpc) is 2.90. The van der Waals surface area contributed by atoms with Crippen LogP contribution in [-0.2, 0) is 16.0 Å². The zero-order valence-electron chi connectivity index (χ0n) is 21.5. The van der Waals surface area contributed by atoms with Crippen LogP contribution < -0.4 is 25.0 Å². The summed E-state index contributed by atoms with van der Waals surface area (Å²) in [6.07, 6.45) is 0.775. The predicted octanol–water partition coefficient (Wildman–Crippen LogP) is 5.81. The zero-order valence-corrected chi connectivity index (χ0v) is 24.6. The van der Waals surface area contributed by atoms with Gasteiger partial charge in [0.2, 0.25) is 0 Å². The molecule has 2 atom stereocenters. The first kappa shape index (κ1) is 30.3. The number of rotatable bonds is 12. The summed E-state index contributed by atoms with van der Waals surface area (Å²) in [5.74, 6) is 0.389. The third-order valence-electron chi connectivity index (χ3n) is 5.41. The number of nitrogens with one attached hydrogen (secondary N) is 2. The molecule has 0 fully saturated rings. The van der Waals surface area contributed by atoms with Crippen molar-refractivity contribution in [2.75, 3.05) is 13.7 Å². The molecule has 3 aromatic carbocycles. The summed E-state index contributed by atoms with van der Waals surface area (Å²) in [7, 11) is 1.55. The molecule has 0 heterocycles. The van der Waals surface area contributed by atoms with Crippen LogP contribution in [0.15, 0.2) is 70.2 Å². The van der Waals surface area contributed by atoms with Crippen LogP contribution in [0.25, 0.3) is 0 Å². The predicted molar refractivity (Wildman–Crippen MR) is 156 cm³/mol. The third-order valence-corrected chi connectivity index (χ3v) is 6.53. The molecule has 206 valence electrons. The number of nitrogens with zero attached hydrogens (tertiary/aromatic N) is 1. The molecule has 0 saturated carbocycles. The maximum atomic E-state index is 13.1. The standard InChI is InChI=1S/C28H28BrCl2N3O5/c1-4-38-25-14-19(12-21(29)26(25)37-3)16-32-34-28(36)23(13-18-8-6-5-7-9-18)33-27(35)17(2)39-24-11-10-20(30)15-22(24)31/h5-12,14-17,23H,4,13H2,1-3H3,(H,33,35)(H,34,36)/b32-16-/t17-,23-/m0/s1. The van der Waals surface area contributed by atoms with Crippen molar-refractivity contribution in [2.45, 2.75) is 32.4 Å². The molecular formula is C28H28BrCl2N3O5. The number of benzene rings is 3. The lowest BCUT2D eigenvalue weighted by Gasteiger charge is -2.21. The second kappa shape index (κ2) is 14.8. The van der Waals surface area contributed by atoms with Gasteiger partial charge in [-0.15, -0.1) is 0 Å². The van der Waals surface area contributed by atoms with E-state index >= 15 is 0 Å². The van der Waals surface area contributed by atoms with Gasteiger partial charge in [0.1, 0.15) is 11.8 Å². The summed E-state index contributed by atoms with van der Waals surface area (Å²) in [6.45, 7) is 3.88. The van der Waals surface area contributed by atoms with Crippen LogP contribution in [-0.4, -0.2) is 43.9 Å². The number of ether oxygens (including phenoxy) is 3. The Morgan fingerprint density at radius 2 is 1.79 bits per heavy atom. The van der Waals surface area contributed by atoms with Crippen molar-refractivity contribution < 1.29 is 23.8 Å². The fourth-order valence-electron chi connectivity index (χ4n) is 3.53. The molecule has 0 aliphatic heterocycles. The minimum atomic E-state index is -0.938. The number of hydrogen-bond donors (Lipinski definition) is 2. The summed E-state index contributed by atoms with van der Waals surface area (Å²) in [6, 6.07) is 16.6. The van der Waals surface area contributed by atoms with Gasteiger partial charge in [-0.3, -0.25) is 9.59 Å². The Balaban J connectivity index is 1.73. The highest BCUT2D eigenvalue weighted by Gasteiger charge is 2.25. The van der Waals surface area contributed by atoms with Gasteiger partial charge in [0, 0.05) is 11.4 Å². The highest BCUT2D eigenvalue weighted by molar-refractivity contribution is 9.10. The molecular weight excluding hydrogens is 609 g/mol. The first-order valence-electron chi connectivity index (χ1n) is 12.0. The minimum Gasteiger partial charge on any atom is -0.492 e. The summed E-state index contributed by atoms with van der Waals surface area (Å²) in [5.41, 5.74) is 4.03. The highest BCUT2D eigenvalue weighted by atomic mass is 79.9. The van der Waals surface area contributed by atoms with Crippen LogP contribution in [0.5, 0.6) is 17.2 Å². The first-order valence-corrected chi connectivity index (χ1v) is 13.6. The summed E-state index contributed by atoms with van der Waals surface area (Å²) >= 11 is 15.5. The number of carbonyl (C=O) groups is 2. The number of carbonyl (C=O) groups excluding carboxylic acids is 2. The summed E-state index contributed by atoms with van der Waals surface area (Å²) in [5, 5.41) is 7.56. The average molecular weight is 637 g/mol. The third kappa shape index (κ3) is 8.88. The second-order valence-electron chi connectivity index (χ2n) is 8.29. The molecule has 0 radical (unpaired) electrons. The normalized spacial score (nSPS) is 12.5. The minimum absolute atomic E-state index is 0.241. The molecule has 3 rings (SSSR count). The van der Waals surface area contributed by atoms with Crippen molar-refractivity contribution in [1.29, 1.82) is 0 Å². The Morgan fingerprint density at radius 3 is 2.46 bits per heavy atom. The largest absolute Gasteiger partial charge is 0.492 e. The van der Waals surface area contributed by atoms with Crippen molar-refractivity contribution >= 4 is 57.2 Å². The lowest BCUT2D eigenvalue weighted by atomic mass is 10.1. The van der Waals surface area contributed by atoms with Crippen LogP contribution in [0.1, 0.15) is 25.0 Å². The van der Waals surface area contributed by atoms with Gasteiger partial charge >= 0.3 is 0 Å². The van der Waals surface area contributed by atoms with Gasteiger partial charge < -0.3 is 19.5 Å². The molecule has 0 aromatic heterocycles. The van der Waals surface area contributed by atoms with Crippen LogP contribution in [0.3, 0.4) is 0 Å². The summed E-state index contributed by atoms with van der Waals surface area (Å²) < 4.78 is 17.4. The zero-order chi connectivity index (χ0) is 28.4. The topological polar surface area (TPSA) is 98.2 Å². The van der Waals surface area contributed by atoms with E-state index in [-0.39, 0.29) is 11.4 Å². The lowest BCUT2D eigenvalue weighted by molar-refractivity contribution is -0.132. The lowest BCUT2D eigenvalue weighted by Crippen LogP contribution is -2.50. The molecule has 0 spiro atoms. The number of halogens is 3. The maximum Gasteiger partial charge on any atom is 0.262 e. The molecule has 8 nitrogen and oxygen atoms in total. The Bertz CT molecular complexity index is 1320. The van der Waals surface area contributed by atoms with E-state index in [1.54, 1.807) is 38.3 Å². The second-order valence-corrected chi connectivity index (χ2v) is 9.99. The molecule has 39 heavy (non-hydrogen) atoms. The van der Waals surface area contributed by atoms with Crippen molar-refractivity contribution in [3.8, 4) is 17.2 Å². The van der Waals surface area contributed by atoms with E-state index in [0.717, 1.165) is 5.56 Å². The molecule has 2 N–H and O–H groups in total. The Labute approximate surface area is 245 Å². The van der Waals surface area contributed by atoms with Crippen LogP contribution in [0.2, 0.25) is 10.0 Å².